The van der Waals surface area contributed by atoms with E-state index in [-0.39, 0.29) is 6.10 Å². The first-order valence-corrected chi connectivity index (χ1v) is 10.4. The van der Waals surface area contributed by atoms with Gasteiger partial charge in [-0.3, -0.25) is 0 Å². The minimum atomic E-state index is -1.59. The molecule has 2 N–H and O–H groups in total. The number of hydrogen-bond donors (Lipinski definition) is 2. The van der Waals surface area contributed by atoms with E-state index in [2.05, 4.69) is 33.9 Å². The minimum Gasteiger partial charge on any atom is -0.423 e. The molecule has 1 atom stereocenters. The molecule has 1 aromatic rings. The molecule has 0 saturated carbocycles. The summed E-state index contributed by atoms with van der Waals surface area (Å²) in [7, 11) is -2.99. The Balaban J connectivity index is 2.55. The van der Waals surface area contributed by atoms with Crippen LogP contribution in [-0.2, 0) is 10.8 Å². The van der Waals surface area contributed by atoms with Gasteiger partial charge in [-0.1, -0.05) is 38.1 Å². The molecule has 1 unspecified atom stereocenters. The van der Waals surface area contributed by atoms with Crippen LogP contribution in [0.4, 0.5) is 0 Å². The van der Waals surface area contributed by atoms with Crippen LogP contribution in [0.1, 0.15) is 26.3 Å². The maximum atomic E-state index is 9.07. The lowest BCUT2D eigenvalue weighted by molar-refractivity contribution is 0.209. The van der Waals surface area contributed by atoms with E-state index < -0.39 is 15.4 Å². The van der Waals surface area contributed by atoms with E-state index in [0.717, 1.165) is 12.0 Å². The molecule has 1 aromatic carbocycles. The van der Waals surface area contributed by atoms with Crippen molar-refractivity contribution in [1.82, 2.24) is 0 Å². The minimum absolute atomic E-state index is 0.195. The topological polar surface area (TPSA) is 49.7 Å². The molecule has 112 valence electrons. The molecule has 0 spiro atoms. The van der Waals surface area contributed by atoms with Crippen molar-refractivity contribution < 1.29 is 14.5 Å². The summed E-state index contributed by atoms with van der Waals surface area (Å²) in [4.78, 5) is 0. The third-order valence-electron chi connectivity index (χ3n) is 3.22. The fourth-order valence-corrected chi connectivity index (χ4v) is 6.01. The van der Waals surface area contributed by atoms with Crippen molar-refractivity contribution in [3.8, 4) is 0 Å². The number of hydrogen-bond acceptors (Lipinski definition) is 3. The summed E-state index contributed by atoms with van der Waals surface area (Å²) < 4.78 is 6.27. The molecule has 5 heteroatoms. The van der Waals surface area contributed by atoms with Crippen molar-refractivity contribution in [1.29, 1.82) is 0 Å². The SMILES string of the molecule is CC(C)C[Si](C)(C)OC(C)Cc1ccc(B(O)O)cc1. The molecule has 0 aromatic heterocycles. The second-order valence-electron chi connectivity index (χ2n) is 6.61. The van der Waals surface area contributed by atoms with E-state index >= 15 is 0 Å². The molecule has 3 nitrogen and oxygen atoms in total. The normalized spacial score (nSPS) is 13.6. The van der Waals surface area contributed by atoms with E-state index in [0.29, 0.717) is 11.4 Å². The Morgan fingerprint density at radius 2 is 1.65 bits per heavy atom. The summed E-state index contributed by atoms with van der Waals surface area (Å²) in [5.74, 6) is 0.675. The summed E-state index contributed by atoms with van der Waals surface area (Å²) >= 11 is 0. The van der Waals surface area contributed by atoms with Crippen molar-refractivity contribution >= 4 is 20.9 Å². The first-order chi connectivity index (χ1) is 9.19. The molecule has 1 rings (SSSR count). The molecule has 0 aliphatic heterocycles. The summed E-state index contributed by atoms with van der Waals surface area (Å²) in [5, 5.41) is 18.1. The van der Waals surface area contributed by atoms with Crippen molar-refractivity contribution in [2.24, 2.45) is 5.92 Å². The summed E-state index contributed by atoms with van der Waals surface area (Å²) in [6.07, 6.45) is 1.05. The van der Waals surface area contributed by atoms with E-state index in [9.17, 15) is 0 Å². The van der Waals surface area contributed by atoms with Gasteiger partial charge in [-0.05, 0) is 49.4 Å². The van der Waals surface area contributed by atoms with E-state index in [4.69, 9.17) is 14.5 Å². The largest absolute Gasteiger partial charge is 0.488 e. The van der Waals surface area contributed by atoms with Gasteiger partial charge in [0.2, 0.25) is 0 Å². The molecule has 0 aliphatic rings. The van der Waals surface area contributed by atoms with Crippen LogP contribution in [0.3, 0.4) is 0 Å². The van der Waals surface area contributed by atoms with Crippen molar-refractivity contribution in [3.63, 3.8) is 0 Å². The van der Waals surface area contributed by atoms with E-state index in [1.807, 2.05) is 12.1 Å². The van der Waals surface area contributed by atoms with Gasteiger partial charge in [-0.25, -0.2) is 0 Å². The Morgan fingerprint density at radius 3 is 2.10 bits per heavy atom. The quantitative estimate of drug-likeness (QED) is 0.758. The van der Waals surface area contributed by atoms with Gasteiger partial charge >= 0.3 is 7.12 Å². The fraction of sp³-hybridized carbons (Fsp3) is 0.600. The summed E-state index contributed by atoms with van der Waals surface area (Å²) in [5.41, 5.74) is 1.69. The monoisotopic (exact) mass is 294 g/mol. The standard InChI is InChI=1S/C15H27BO3Si/c1-12(2)11-20(4,5)19-13(3)10-14-6-8-15(9-7-14)16(17)18/h6-9,12-13,17-18H,10-11H2,1-5H3. The predicted molar refractivity (Wildman–Crippen MR) is 87.6 cm³/mol. The highest BCUT2D eigenvalue weighted by atomic mass is 28.4. The summed E-state index contributed by atoms with van der Waals surface area (Å²) in [6, 6.07) is 8.55. The zero-order valence-electron chi connectivity index (χ0n) is 13.3. The lowest BCUT2D eigenvalue weighted by atomic mass is 9.80. The Labute approximate surface area is 124 Å². The van der Waals surface area contributed by atoms with E-state index in [1.165, 1.54) is 6.04 Å². The first kappa shape index (κ1) is 17.4. The molecule has 0 aliphatic carbocycles. The van der Waals surface area contributed by atoms with Crippen LogP contribution in [-0.4, -0.2) is 31.6 Å². The number of rotatable bonds is 7. The molecule has 0 saturated heterocycles. The van der Waals surface area contributed by atoms with Gasteiger partial charge < -0.3 is 14.5 Å². The molecule has 0 bridgehead atoms. The van der Waals surface area contributed by atoms with Gasteiger partial charge in [-0.15, -0.1) is 0 Å². The third-order valence-corrected chi connectivity index (χ3v) is 6.06. The molecular formula is C15H27BO3Si. The Bertz CT molecular complexity index is 404. The van der Waals surface area contributed by atoms with Crippen LogP contribution < -0.4 is 5.46 Å². The van der Waals surface area contributed by atoms with Gasteiger partial charge in [0, 0.05) is 6.10 Å². The van der Waals surface area contributed by atoms with Crippen LogP contribution in [0.15, 0.2) is 24.3 Å². The van der Waals surface area contributed by atoms with Crippen LogP contribution in [0, 0.1) is 5.92 Å². The number of benzene rings is 1. The Kier molecular flexibility index (Phi) is 6.46. The highest BCUT2D eigenvalue weighted by molar-refractivity contribution is 6.71. The Morgan fingerprint density at radius 1 is 1.10 bits per heavy atom. The van der Waals surface area contributed by atoms with Crippen LogP contribution in [0.2, 0.25) is 19.1 Å². The fourth-order valence-electron chi connectivity index (χ4n) is 2.78. The molecule has 0 amide bonds. The predicted octanol–water partition coefficient (Wildman–Crippen LogP) is 2.18. The molecule has 0 fully saturated rings. The van der Waals surface area contributed by atoms with Gasteiger partial charge in [0.05, 0.1) is 0 Å². The highest BCUT2D eigenvalue weighted by Gasteiger charge is 2.26. The molecule has 0 heterocycles. The third kappa shape index (κ3) is 6.22. The van der Waals surface area contributed by atoms with Crippen LogP contribution in [0.25, 0.3) is 0 Å². The smallest absolute Gasteiger partial charge is 0.423 e. The maximum absolute atomic E-state index is 9.07. The maximum Gasteiger partial charge on any atom is 0.488 e. The molecular weight excluding hydrogens is 267 g/mol. The van der Waals surface area contributed by atoms with Gasteiger partial charge in [0.25, 0.3) is 0 Å². The lowest BCUT2D eigenvalue weighted by Crippen LogP contribution is -2.36. The van der Waals surface area contributed by atoms with Gasteiger partial charge in [0.1, 0.15) is 0 Å². The Hall–Kier alpha value is -0.618. The van der Waals surface area contributed by atoms with Crippen molar-refractivity contribution in [2.45, 2.75) is 52.4 Å². The first-order valence-electron chi connectivity index (χ1n) is 7.32. The van der Waals surface area contributed by atoms with E-state index in [1.54, 1.807) is 12.1 Å². The second kappa shape index (κ2) is 7.41. The summed E-state index contributed by atoms with van der Waals surface area (Å²) in [6.45, 7) is 11.1. The van der Waals surface area contributed by atoms with Gasteiger partial charge in [-0.2, -0.15) is 0 Å². The van der Waals surface area contributed by atoms with Crippen molar-refractivity contribution in [3.05, 3.63) is 29.8 Å². The van der Waals surface area contributed by atoms with Gasteiger partial charge in [0.15, 0.2) is 8.32 Å². The highest BCUT2D eigenvalue weighted by Crippen LogP contribution is 2.20. The lowest BCUT2D eigenvalue weighted by Gasteiger charge is -2.29. The van der Waals surface area contributed by atoms with Crippen LogP contribution in [0.5, 0.6) is 0 Å². The average Bonchev–Trinajstić information content (AvgIpc) is 2.26. The zero-order chi connectivity index (χ0) is 15.3. The van der Waals surface area contributed by atoms with Crippen LogP contribution >= 0.6 is 0 Å². The second-order valence-corrected chi connectivity index (χ2v) is 10.8. The average molecular weight is 294 g/mol. The van der Waals surface area contributed by atoms with Crippen molar-refractivity contribution in [2.75, 3.05) is 0 Å². The molecule has 20 heavy (non-hydrogen) atoms. The molecule has 0 radical (unpaired) electrons. The zero-order valence-corrected chi connectivity index (χ0v) is 14.3.